The molecule has 2 rings (SSSR count). The molecule has 0 aliphatic rings. The zero-order valence-electron chi connectivity index (χ0n) is 13.4. The van der Waals surface area contributed by atoms with Crippen LogP contribution in [0.3, 0.4) is 0 Å². The SMILES string of the molecule is Cc1ccc(C[NH+](C)CC(=O)NCCOc2ccc(Cl)cc2)o1. The molecule has 0 fully saturated rings. The summed E-state index contributed by atoms with van der Waals surface area (Å²) < 4.78 is 11.0. The maximum Gasteiger partial charge on any atom is 0.275 e. The first-order valence-corrected chi connectivity index (χ1v) is 7.92. The molecule has 0 saturated heterocycles. The molecule has 0 aliphatic heterocycles. The molecule has 1 unspecified atom stereocenters. The van der Waals surface area contributed by atoms with Crippen molar-refractivity contribution in [1.29, 1.82) is 0 Å². The van der Waals surface area contributed by atoms with Gasteiger partial charge in [0.2, 0.25) is 0 Å². The molecular weight excluding hydrogens is 316 g/mol. The van der Waals surface area contributed by atoms with Crippen molar-refractivity contribution in [2.75, 3.05) is 26.7 Å². The topological polar surface area (TPSA) is 55.9 Å². The number of hydrogen-bond acceptors (Lipinski definition) is 3. The van der Waals surface area contributed by atoms with Gasteiger partial charge in [-0.15, -0.1) is 0 Å². The van der Waals surface area contributed by atoms with Crippen LogP contribution in [0, 0.1) is 6.92 Å². The van der Waals surface area contributed by atoms with E-state index in [4.69, 9.17) is 20.8 Å². The molecule has 1 amide bonds. The number of furan rings is 1. The fraction of sp³-hybridized carbons (Fsp3) is 0.353. The van der Waals surface area contributed by atoms with E-state index in [9.17, 15) is 4.79 Å². The van der Waals surface area contributed by atoms with Gasteiger partial charge in [0.05, 0.1) is 13.6 Å². The molecule has 1 aromatic heterocycles. The lowest BCUT2D eigenvalue weighted by Gasteiger charge is -2.12. The van der Waals surface area contributed by atoms with Gasteiger partial charge in [-0.2, -0.15) is 0 Å². The molecular formula is C17H22ClN2O3+. The van der Waals surface area contributed by atoms with Gasteiger partial charge in [-0.05, 0) is 43.3 Å². The maximum atomic E-state index is 11.9. The third kappa shape index (κ3) is 6.34. The number of quaternary nitrogens is 1. The van der Waals surface area contributed by atoms with E-state index in [0.717, 1.165) is 22.2 Å². The highest BCUT2D eigenvalue weighted by Crippen LogP contribution is 2.15. The van der Waals surface area contributed by atoms with E-state index in [1.807, 2.05) is 26.1 Å². The van der Waals surface area contributed by atoms with Crippen LogP contribution in [0.2, 0.25) is 5.02 Å². The van der Waals surface area contributed by atoms with Crippen LogP contribution in [0.5, 0.6) is 5.75 Å². The van der Waals surface area contributed by atoms with Crippen molar-refractivity contribution in [2.45, 2.75) is 13.5 Å². The van der Waals surface area contributed by atoms with Crippen molar-refractivity contribution in [3.63, 3.8) is 0 Å². The lowest BCUT2D eigenvalue weighted by atomic mass is 10.3. The normalized spacial score (nSPS) is 12.0. The number of carbonyl (C=O) groups excluding carboxylic acids is 1. The quantitative estimate of drug-likeness (QED) is 0.717. The monoisotopic (exact) mass is 337 g/mol. The zero-order chi connectivity index (χ0) is 16.7. The molecule has 1 aromatic carbocycles. The van der Waals surface area contributed by atoms with E-state index >= 15 is 0 Å². The summed E-state index contributed by atoms with van der Waals surface area (Å²) in [6.45, 7) is 3.87. The van der Waals surface area contributed by atoms with Crippen LogP contribution >= 0.6 is 11.6 Å². The highest BCUT2D eigenvalue weighted by atomic mass is 35.5. The summed E-state index contributed by atoms with van der Waals surface area (Å²) in [4.78, 5) is 12.9. The van der Waals surface area contributed by atoms with Gasteiger partial charge in [-0.3, -0.25) is 4.79 Å². The van der Waals surface area contributed by atoms with Gasteiger partial charge < -0.3 is 19.4 Å². The minimum Gasteiger partial charge on any atom is -0.492 e. The van der Waals surface area contributed by atoms with E-state index < -0.39 is 0 Å². The van der Waals surface area contributed by atoms with Crippen molar-refractivity contribution < 1.29 is 18.8 Å². The second kappa shape index (κ2) is 8.60. The number of benzene rings is 1. The van der Waals surface area contributed by atoms with Crippen molar-refractivity contribution in [3.8, 4) is 5.75 Å². The van der Waals surface area contributed by atoms with Gasteiger partial charge in [0.1, 0.15) is 24.7 Å². The smallest absolute Gasteiger partial charge is 0.275 e. The molecule has 5 nitrogen and oxygen atoms in total. The lowest BCUT2D eigenvalue weighted by Crippen LogP contribution is -3.08. The molecule has 2 N–H and O–H groups in total. The van der Waals surface area contributed by atoms with Crippen LogP contribution < -0.4 is 15.0 Å². The Hall–Kier alpha value is -1.98. The van der Waals surface area contributed by atoms with Crippen LogP contribution in [0.4, 0.5) is 0 Å². The molecule has 1 heterocycles. The number of ether oxygens (including phenoxy) is 1. The van der Waals surface area contributed by atoms with Gasteiger partial charge in [-0.1, -0.05) is 11.6 Å². The molecule has 0 radical (unpaired) electrons. The molecule has 23 heavy (non-hydrogen) atoms. The van der Waals surface area contributed by atoms with Crippen LogP contribution in [0.1, 0.15) is 11.5 Å². The Morgan fingerprint density at radius 1 is 1.26 bits per heavy atom. The number of likely N-dealkylation sites (N-methyl/N-ethyl adjacent to an activating group) is 1. The maximum absolute atomic E-state index is 11.9. The first kappa shape index (κ1) is 17.4. The summed E-state index contributed by atoms with van der Waals surface area (Å²) in [5.41, 5.74) is 0. The minimum absolute atomic E-state index is 0.00881. The van der Waals surface area contributed by atoms with Gasteiger partial charge >= 0.3 is 0 Å². The number of nitrogens with one attached hydrogen (secondary N) is 2. The Balaban J connectivity index is 1.61. The van der Waals surface area contributed by atoms with Gasteiger partial charge in [0, 0.05) is 5.02 Å². The average molecular weight is 338 g/mol. The van der Waals surface area contributed by atoms with Gasteiger partial charge in [0.25, 0.3) is 5.91 Å². The number of hydrogen-bond donors (Lipinski definition) is 2. The van der Waals surface area contributed by atoms with Gasteiger partial charge in [0.15, 0.2) is 12.3 Å². The standard InChI is InChI=1S/C17H21ClN2O3/c1-13-3-6-16(23-13)11-20(2)12-17(21)19-9-10-22-15-7-4-14(18)5-8-15/h3-8H,9-12H2,1-2H3,(H,19,21)/p+1. The molecule has 0 saturated carbocycles. The number of halogens is 1. The van der Waals surface area contributed by atoms with Crippen LogP contribution in [0.15, 0.2) is 40.8 Å². The zero-order valence-corrected chi connectivity index (χ0v) is 14.2. The Kier molecular flexibility index (Phi) is 6.50. The fourth-order valence-corrected chi connectivity index (χ4v) is 2.29. The number of carbonyl (C=O) groups is 1. The summed E-state index contributed by atoms with van der Waals surface area (Å²) in [6.07, 6.45) is 0. The van der Waals surface area contributed by atoms with Crippen LogP contribution in [-0.4, -0.2) is 32.7 Å². The molecule has 124 valence electrons. The third-order valence-electron chi connectivity index (χ3n) is 3.24. The van der Waals surface area contributed by atoms with E-state index in [1.165, 1.54) is 0 Å². The fourth-order valence-electron chi connectivity index (χ4n) is 2.17. The van der Waals surface area contributed by atoms with Crippen molar-refractivity contribution in [2.24, 2.45) is 0 Å². The Bertz CT molecular complexity index is 625. The summed E-state index contributed by atoms with van der Waals surface area (Å²) in [5.74, 6) is 2.50. The van der Waals surface area contributed by atoms with Crippen LogP contribution in [-0.2, 0) is 11.3 Å². The summed E-state index contributed by atoms with van der Waals surface area (Å²) >= 11 is 5.80. The third-order valence-corrected chi connectivity index (χ3v) is 3.49. The highest BCUT2D eigenvalue weighted by Gasteiger charge is 2.12. The molecule has 6 heteroatoms. The molecule has 0 bridgehead atoms. The lowest BCUT2D eigenvalue weighted by molar-refractivity contribution is -0.886. The minimum atomic E-state index is -0.00881. The summed E-state index contributed by atoms with van der Waals surface area (Å²) in [6, 6.07) is 11.0. The predicted octanol–water partition coefficient (Wildman–Crippen LogP) is 1.45. The highest BCUT2D eigenvalue weighted by molar-refractivity contribution is 6.30. The van der Waals surface area contributed by atoms with Crippen molar-refractivity contribution in [3.05, 3.63) is 52.9 Å². The van der Waals surface area contributed by atoms with Crippen molar-refractivity contribution in [1.82, 2.24) is 5.32 Å². The summed E-state index contributed by atoms with van der Waals surface area (Å²) in [5, 5.41) is 3.51. The second-order valence-corrected chi connectivity index (χ2v) is 5.91. The molecule has 2 aromatic rings. The Labute approximate surface area is 141 Å². The van der Waals surface area contributed by atoms with Gasteiger partial charge in [-0.25, -0.2) is 0 Å². The molecule has 0 aliphatic carbocycles. The Morgan fingerprint density at radius 2 is 2.00 bits per heavy atom. The average Bonchev–Trinajstić information content (AvgIpc) is 2.90. The van der Waals surface area contributed by atoms with Crippen molar-refractivity contribution >= 4 is 17.5 Å². The first-order chi connectivity index (χ1) is 11.0. The van der Waals surface area contributed by atoms with E-state index in [2.05, 4.69) is 5.32 Å². The van der Waals surface area contributed by atoms with E-state index in [0.29, 0.717) is 31.3 Å². The number of aryl methyl sites for hydroxylation is 1. The first-order valence-electron chi connectivity index (χ1n) is 7.54. The number of rotatable bonds is 8. The molecule has 0 spiro atoms. The van der Waals surface area contributed by atoms with E-state index in [-0.39, 0.29) is 5.91 Å². The molecule has 1 atom stereocenters. The Morgan fingerprint density at radius 3 is 2.65 bits per heavy atom. The number of amides is 1. The van der Waals surface area contributed by atoms with Crippen LogP contribution in [0.25, 0.3) is 0 Å². The summed E-state index contributed by atoms with van der Waals surface area (Å²) in [7, 11) is 1.96. The van der Waals surface area contributed by atoms with E-state index in [1.54, 1.807) is 24.3 Å². The second-order valence-electron chi connectivity index (χ2n) is 5.48. The largest absolute Gasteiger partial charge is 0.492 e. The predicted molar refractivity (Wildman–Crippen MR) is 88.9 cm³/mol.